The number of thioether (sulfide) groups is 1. The Kier molecular flexibility index (Phi) is 4.80. The van der Waals surface area contributed by atoms with E-state index in [9.17, 15) is 22.8 Å². The van der Waals surface area contributed by atoms with Gasteiger partial charge in [0, 0.05) is 23.1 Å². The lowest BCUT2D eigenvalue weighted by Gasteiger charge is -2.10. The maximum Gasteiger partial charge on any atom is 0.416 e. The number of hydrogen-bond acceptors (Lipinski definition) is 4. The lowest BCUT2D eigenvalue weighted by Crippen LogP contribution is -2.26. The molecule has 1 atom stereocenters. The number of halogens is 3. The predicted octanol–water partition coefficient (Wildman–Crippen LogP) is 3.36. The van der Waals surface area contributed by atoms with Crippen molar-refractivity contribution in [3.8, 4) is 0 Å². The first-order valence-corrected chi connectivity index (χ1v) is 8.35. The van der Waals surface area contributed by atoms with Crippen LogP contribution in [0.3, 0.4) is 0 Å². The molecule has 3 rings (SSSR count). The van der Waals surface area contributed by atoms with Crippen LogP contribution in [0.4, 0.5) is 13.2 Å². The third-order valence-electron chi connectivity index (χ3n) is 3.61. The number of benzene rings is 1. The van der Waals surface area contributed by atoms with Crippen LogP contribution in [0.5, 0.6) is 0 Å². The molecular formula is C17H13F3N2O2S. The Balaban J connectivity index is 1.54. The Morgan fingerprint density at radius 3 is 2.84 bits per heavy atom. The van der Waals surface area contributed by atoms with Gasteiger partial charge in [-0.2, -0.15) is 13.2 Å². The Hall–Kier alpha value is -2.35. The fourth-order valence-corrected chi connectivity index (χ4v) is 3.52. The number of allylic oxidation sites excluding steroid dienone is 4. The third kappa shape index (κ3) is 4.19. The van der Waals surface area contributed by atoms with Crippen LogP contribution in [0.1, 0.15) is 22.3 Å². The van der Waals surface area contributed by atoms with Gasteiger partial charge in [-0.25, -0.2) is 0 Å². The molecule has 0 aromatic heterocycles. The minimum atomic E-state index is -4.48. The zero-order valence-electron chi connectivity index (χ0n) is 12.8. The molecule has 1 aromatic carbocycles. The number of carbonyl (C=O) groups excluding carboxylic acids is 2. The second kappa shape index (κ2) is 6.87. The maximum atomic E-state index is 12.7. The highest BCUT2D eigenvalue weighted by atomic mass is 32.2. The number of nitrogens with one attached hydrogen (secondary N) is 1. The molecular weight excluding hydrogens is 353 g/mol. The van der Waals surface area contributed by atoms with E-state index < -0.39 is 17.6 Å². The summed E-state index contributed by atoms with van der Waals surface area (Å²) in [7, 11) is 0. The molecule has 1 unspecified atom stereocenters. The summed E-state index contributed by atoms with van der Waals surface area (Å²) in [5.74, 6) is -0.645. The molecule has 0 saturated carbocycles. The van der Waals surface area contributed by atoms with Crippen LogP contribution in [-0.4, -0.2) is 29.3 Å². The van der Waals surface area contributed by atoms with Crippen molar-refractivity contribution in [1.82, 2.24) is 5.32 Å². The van der Waals surface area contributed by atoms with Crippen molar-refractivity contribution in [1.29, 1.82) is 0 Å². The number of carbonyl (C=O) groups is 2. The summed E-state index contributed by atoms with van der Waals surface area (Å²) in [6.45, 7) is 0.272. The van der Waals surface area contributed by atoms with Gasteiger partial charge >= 0.3 is 6.18 Å². The van der Waals surface area contributed by atoms with Crippen molar-refractivity contribution >= 4 is 29.2 Å². The molecule has 0 saturated heterocycles. The minimum Gasteiger partial charge on any atom is -0.352 e. The SMILES string of the molecule is O=C1C=CC2=NC(CCNC(=O)c3cccc(C(F)(F)F)c3)SC2=C1. The normalized spacial score (nSPS) is 19.3. The molecule has 2 aliphatic rings. The average Bonchev–Trinajstić information content (AvgIpc) is 2.96. The first-order chi connectivity index (χ1) is 11.8. The quantitative estimate of drug-likeness (QED) is 0.832. The highest BCUT2D eigenvalue weighted by Crippen LogP contribution is 2.35. The second-order valence-corrected chi connectivity index (χ2v) is 6.67. The summed E-state index contributed by atoms with van der Waals surface area (Å²) >= 11 is 1.44. The van der Waals surface area contributed by atoms with Gasteiger partial charge in [0.1, 0.15) is 5.37 Å². The van der Waals surface area contributed by atoms with Gasteiger partial charge in [-0.05, 0) is 36.8 Å². The topological polar surface area (TPSA) is 58.5 Å². The van der Waals surface area contributed by atoms with Crippen LogP contribution in [0.15, 0.2) is 52.4 Å². The van der Waals surface area contributed by atoms with E-state index in [1.807, 2.05) is 0 Å². The standard InChI is InChI=1S/C17H13F3N2O2S/c18-17(19,20)11-3-1-2-10(8-11)16(24)21-7-6-15-22-13-5-4-12(23)9-14(13)25-15/h1-5,8-9,15H,6-7H2,(H,21,24). The van der Waals surface area contributed by atoms with Gasteiger partial charge in [0.05, 0.1) is 11.3 Å². The van der Waals surface area contributed by atoms with E-state index in [2.05, 4.69) is 10.3 Å². The van der Waals surface area contributed by atoms with Crippen molar-refractivity contribution in [2.24, 2.45) is 4.99 Å². The molecule has 0 fully saturated rings. The van der Waals surface area contributed by atoms with E-state index in [0.717, 1.165) is 22.7 Å². The summed E-state index contributed by atoms with van der Waals surface area (Å²) in [6, 6.07) is 4.30. The minimum absolute atomic E-state index is 0.0369. The fraction of sp³-hybridized carbons (Fsp3) is 0.235. The molecule has 1 heterocycles. The Morgan fingerprint density at radius 2 is 2.08 bits per heavy atom. The van der Waals surface area contributed by atoms with E-state index in [1.54, 1.807) is 6.08 Å². The maximum absolute atomic E-state index is 12.7. The highest BCUT2D eigenvalue weighted by Gasteiger charge is 2.31. The summed E-state index contributed by atoms with van der Waals surface area (Å²) in [5.41, 5.74) is -0.144. The van der Waals surface area contributed by atoms with Gasteiger partial charge in [-0.1, -0.05) is 17.8 Å². The van der Waals surface area contributed by atoms with Crippen LogP contribution in [0.2, 0.25) is 0 Å². The van der Waals surface area contributed by atoms with E-state index in [0.29, 0.717) is 6.42 Å². The van der Waals surface area contributed by atoms with E-state index in [1.165, 1.54) is 36.0 Å². The second-order valence-electron chi connectivity index (χ2n) is 5.45. The highest BCUT2D eigenvalue weighted by molar-refractivity contribution is 8.05. The van der Waals surface area contributed by atoms with E-state index >= 15 is 0 Å². The molecule has 0 bridgehead atoms. The lowest BCUT2D eigenvalue weighted by atomic mass is 10.1. The van der Waals surface area contributed by atoms with Gasteiger partial charge in [-0.3, -0.25) is 14.6 Å². The fourth-order valence-electron chi connectivity index (χ4n) is 2.40. The van der Waals surface area contributed by atoms with Crippen molar-refractivity contribution in [3.05, 3.63) is 58.5 Å². The largest absolute Gasteiger partial charge is 0.416 e. The number of fused-ring (bicyclic) bond motifs is 1. The molecule has 25 heavy (non-hydrogen) atoms. The van der Waals surface area contributed by atoms with Gasteiger partial charge in [0.25, 0.3) is 5.91 Å². The predicted molar refractivity (Wildman–Crippen MR) is 89.4 cm³/mol. The Morgan fingerprint density at radius 1 is 1.28 bits per heavy atom. The van der Waals surface area contributed by atoms with Crippen molar-refractivity contribution in [3.63, 3.8) is 0 Å². The van der Waals surface area contributed by atoms with Crippen LogP contribution in [0, 0.1) is 0 Å². The summed E-state index contributed by atoms with van der Waals surface area (Å²) in [5, 5.41) is 2.48. The van der Waals surface area contributed by atoms with Gasteiger partial charge < -0.3 is 5.32 Å². The molecule has 1 N–H and O–H groups in total. The number of alkyl halides is 3. The Bertz CT molecular complexity index is 812. The molecule has 1 amide bonds. The number of aliphatic imine (C=N–C) groups is 1. The molecule has 4 nitrogen and oxygen atoms in total. The van der Waals surface area contributed by atoms with E-state index in [-0.39, 0.29) is 23.3 Å². The average molecular weight is 366 g/mol. The van der Waals surface area contributed by atoms with Crippen LogP contribution >= 0.6 is 11.8 Å². The number of ketones is 1. The summed E-state index contributed by atoms with van der Waals surface area (Å²) < 4.78 is 38.0. The van der Waals surface area contributed by atoms with Crippen molar-refractivity contribution in [2.75, 3.05) is 6.54 Å². The number of amides is 1. The van der Waals surface area contributed by atoms with Crippen LogP contribution in [-0.2, 0) is 11.0 Å². The monoisotopic (exact) mass is 366 g/mol. The molecule has 1 aromatic rings. The third-order valence-corrected chi connectivity index (χ3v) is 4.80. The van der Waals surface area contributed by atoms with Crippen LogP contribution < -0.4 is 5.32 Å². The smallest absolute Gasteiger partial charge is 0.352 e. The number of rotatable bonds is 4. The zero-order chi connectivity index (χ0) is 18.0. The van der Waals surface area contributed by atoms with Gasteiger partial charge in [0.2, 0.25) is 0 Å². The lowest BCUT2D eigenvalue weighted by molar-refractivity contribution is -0.137. The molecule has 130 valence electrons. The first-order valence-electron chi connectivity index (χ1n) is 7.47. The number of nitrogens with zero attached hydrogens (tertiary/aromatic N) is 1. The number of hydrogen-bond donors (Lipinski definition) is 1. The Labute approximate surface area is 145 Å². The van der Waals surface area contributed by atoms with Crippen molar-refractivity contribution < 1.29 is 22.8 Å². The molecule has 1 aliphatic heterocycles. The molecule has 0 spiro atoms. The van der Waals surface area contributed by atoms with Gasteiger partial charge in [0.15, 0.2) is 5.78 Å². The summed E-state index contributed by atoms with van der Waals surface area (Å²) in [4.78, 5) is 28.5. The summed E-state index contributed by atoms with van der Waals surface area (Å²) in [6.07, 6.45) is 0.650. The first kappa shape index (κ1) is 17.5. The molecule has 1 aliphatic carbocycles. The zero-order valence-corrected chi connectivity index (χ0v) is 13.7. The van der Waals surface area contributed by atoms with Crippen LogP contribution in [0.25, 0.3) is 0 Å². The molecule has 8 heteroatoms. The van der Waals surface area contributed by atoms with Gasteiger partial charge in [-0.15, -0.1) is 0 Å². The molecule has 0 radical (unpaired) electrons. The van der Waals surface area contributed by atoms with E-state index in [4.69, 9.17) is 0 Å². The van der Waals surface area contributed by atoms with Crippen molar-refractivity contribution in [2.45, 2.75) is 18.0 Å².